The molecule has 0 fully saturated rings. The van der Waals surface area contributed by atoms with Gasteiger partial charge in [0.25, 0.3) is 11.5 Å². The fraction of sp³-hybridized carbons (Fsp3) is 0.115. The molecule has 7 nitrogen and oxygen atoms in total. The lowest BCUT2D eigenvalue weighted by molar-refractivity contribution is -0.136. The Morgan fingerprint density at radius 2 is 1.39 bits per heavy atom. The molecule has 0 saturated carbocycles. The molecule has 0 radical (unpaired) electrons. The number of nitrogens with zero attached hydrogens (tertiary/aromatic N) is 3. The van der Waals surface area contributed by atoms with E-state index in [1.807, 2.05) is 30.3 Å². The number of benzene rings is 3. The molecule has 0 unspecified atom stereocenters. The van der Waals surface area contributed by atoms with Crippen LogP contribution in [0.3, 0.4) is 0 Å². The molecule has 1 heterocycles. The molecule has 0 atom stereocenters. The number of carbonyl (C=O) groups excluding carboxylic acids is 1. The van der Waals surface area contributed by atoms with Crippen molar-refractivity contribution >= 4 is 12.1 Å². The van der Waals surface area contributed by atoms with E-state index in [2.05, 4.69) is 10.5 Å². The van der Waals surface area contributed by atoms with Crippen molar-refractivity contribution in [3.8, 4) is 5.69 Å². The summed E-state index contributed by atoms with van der Waals surface area (Å²) < 4.78 is 3.26. The van der Waals surface area contributed by atoms with Crippen LogP contribution in [0.4, 0.5) is 0 Å². The molecule has 4 rings (SSSR count). The van der Waals surface area contributed by atoms with Crippen molar-refractivity contribution in [2.24, 2.45) is 12.1 Å². The lowest BCUT2D eigenvalue weighted by Gasteiger charge is -2.27. The smallest absolute Gasteiger partial charge is 0.281 e. The number of hydrazone groups is 1. The van der Waals surface area contributed by atoms with E-state index in [9.17, 15) is 14.7 Å². The first-order valence-corrected chi connectivity index (χ1v) is 10.5. The van der Waals surface area contributed by atoms with Crippen LogP contribution in [-0.2, 0) is 17.4 Å². The van der Waals surface area contributed by atoms with Gasteiger partial charge in [-0.2, -0.15) is 5.10 Å². The van der Waals surface area contributed by atoms with Gasteiger partial charge in [-0.1, -0.05) is 78.9 Å². The third-order valence-corrected chi connectivity index (χ3v) is 5.67. The third kappa shape index (κ3) is 4.02. The molecule has 1 amide bonds. The number of rotatable bonds is 6. The number of hydrogen-bond acceptors (Lipinski definition) is 4. The second-order valence-corrected chi connectivity index (χ2v) is 7.62. The minimum atomic E-state index is -1.95. The van der Waals surface area contributed by atoms with E-state index < -0.39 is 11.5 Å². The van der Waals surface area contributed by atoms with E-state index in [-0.39, 0.29) is 5.56 Å². The standard InChI is InChI=1S/C26H24N4O3/c1-19-23(24(31)30(29(19)2)22-16-10-5-11-17-22)18-27-28-25(32)26(33,20-12-6-3-7-13-20)21-14-8-4-9-15-21/h3-18,33H,1-2H3,(H,28,32)/b27-18-. The maximum Gasteiger partial charge on any atom is 0.281 e. The summed E-state index contributed by atoms with van der Waals surface area (Å²) in [5, 5.41) is 15.5. The molecular weight excluding hydrogens is 416 g/mol. The highest BCUT2D eigenvalue weighted by Gasteiger charge is 2.39. The Bertz CT molecular complexity index is 1300. The van der Waals surface area contributed by atoms with Gasteiger partial charge in [-0.15, -0.1) is 0 Å². The van der Waals surface area contributed by atoms with Crippen molar-refractivity contribution in [3.05, 3.63) is 124 Å². The van der Waals surface area contributed by atoms with Gasteiger partial charge in [0.15, 0.2) is 5.60 Å². The second kappa shape index (κ2) is 9.10. The van der Waals surface area contributed by atoms with Gasteiger partial charge in [-0.05, 0) is 30.2 Å². The quantitative estimate of drug-likeness (QED) is 0.357. The summed E-state index contributed by atoms with van der Waals surface area (Å²) in [4.78, 5) is 26.2. The fourth-order valence-electron chi connectivity index (χ4n) is 3.76. The summed E-state index contributed by atoms with van der Waals surface area (Å²) in [6, 6.07) is 26.6. The molecule has 0 aliphatic heterocycles. The maximum absolute atomic E-state index is 13.2. The number of hydrogen-bond donors (Lipinski definition) is 2. The number of para-hydroxylation sites is 1. The molecule has 2 N–H and O–H groups in total. The molecular formula is C26H24N4O3. The highest BCUT2D eigenvalue weighted by atomic mass is 16.3. The minimum Gasteiger partial charge on any atom is -0.372 e. The average molecular weight is 441 g/mol. The Labute approximate surface area is 191 Å². The van der Waals surface area contributed by atoms with Crippen molar-refractivity contribution in [1.82, 2.24) is 14.8 Å². The van der Waals surface area contributed by atoms with E-state index in [4.69, 9.17) is 0 Å². The van der Waals surface area contributed by atoms with Gasteiger partial charge in [-0.3, -0.25) is 14.3 Å². The van der Waals surface area contributed by atoms with Crippen molar-refractivity contribution in [2.45, 2.75) is 12.5 Å². The molecule has 0 aliphatic carbocycles. The predicted molar refractivity (Wildman–Crippen MR) is 127 cm³/mol. The molecule has 0 bridgehead atoms. The number of aliphatic hydroxyl groups is 1. The van der Waals surface area contributed by atoms with Gasteiger partial charge in [0.2, 0.25) is 0 Å². The van der Waals surface area contributed by atoms with Gasteiger partial charge in [0.05, 0.1) is 17.5 Å². The molecule has 33 heavy (non-hydrogen) atoms. The summed E-state index contributed by atoms with van der Waals surface area (Å²) in [6.07, 6.45) is 1.31. The van der Waals surface area contributed by atoms with Crippen LogP contribution in [0.25, 0.3) is 5.69 Å². The predicted octanol–water partition coefficient (Wildman–Crippen LogP) is 2.87. The van der Waals surface area contributed by atoms with Gasteiger partial charge < -0.3 is 5.11 Å². The minimum absolute atomic E-state index is 0.263. The summed E-state index contributed by atoms with van der Waals surface area (Å²) >= 11 is 0. The summed E-state index contributed by atoms with van der Waals surface area (Å²) in [5.74, 6) is -0.729. The topological polar surface area (TPSA) is 88.6 Å². The zero-order valence-corrected chi connectivity index (χ0v) is 18.3. The van der Waals surface area contributed by atoms with Crippen LogP contribution in [0.15, 0.2) is 101 Å². The number of amides is 1. The van der Waals surface area contributed by atoms with E-state index >= 15 is 0 Å². The van der Waals surface area contributed by atoms with Crippen LogP contribution in [0.5, 0.6) is 0 Å². The lowest BCUT2D eigenvalue weighted by Crippen LogP contribution is -2.43. The maximum atomic E-state index is 13.2. The van der Waals surface area contributed by atoms with Gasteiger partial charge in [0, 0.05) is 12.7 Å². The fourth-order valence-corrected chi connectivity index (χ4v) is 3.76. The molecule has 7 heteroatoms. The Kier molecular flexibility index (Phi) is 6.06. The Morgan fingerprint density at radius 1 is 0.909 bits per heavy atom. The van der Waals surface area contributed by atoms with Crippen LogP contribution < -0.4 is 11.0 Å². The van der Waals surface area contributed by atoms with Crippen LogP contribution in [0.2, 0.25) is 0 Å². The number of carbonyl (C=O) groups is 1. The number of aromatic nitrogens is 2. The first-order chi connectivity index (χ1) is 15.9. The zero-order chi connectivity index (χ0) is 23.4. The first-order valence-electron chi connectivity index (χ1n) is 10.5. The molecule has 0 spiro atoms. The van der Waals surface area contributed by atoms with Crippen LogP contribution in [-0.4, -0.2) is 26.6 Å². The van der Waals surface area contributed by atoms with Gasteiger partial charge in [0.1, 0.15) is 0 Å². The van der Waals surface area contributed by atoms with E-state index in [1.165, 1.54) is 10.9 Å². The molecule has 166 valence electrons. The molecule has 3 aromatic carbocycles. The van der Waals surface area contributed by atoms with Gasteiger partial charge >= 0.3 is 0 Å². The van der Waals surface area contributed by atoms with E-state index in [1.54, 1.807) is 79.3 Å². The lowest BCUT2D eigenvalue weighted by atomic mass is 9.85. The first kappa shape index (κ1) is 22.0. The molecule has 1 aromatic heterocycles. The Morgan fingerprint density at radius 3 is 1.91 bits per heavy atom. The average Bonchev–Trinajstić information content (AvgIpc) is 3.08. The summed E-state index contributed by atoms with van der Waals surface area (Å²) in [7, 11) is 1.78. The van der Waals surface area contributed by atoms with Crippen molar-refractivity contribution in [3.63, 3.8) is 0 Å². The SMILES string of the molecule is Cc1c(/C=N\NC(=O)C(O)(c2ccccc2)c2ccccc2)c(=O)n(-c2ccccc2)n1C. The summed E-state index contributed by atoms with van der Waals surface area (Å²) in [6.45, 7) is 1.80. The largest absolute Gasteiger partial charge is 0.372 e. The molecule has 0 saturated heterocycles. The van der Waals surface area contributed by atoms with Crippen molar-refractivity contribution in [1.29, 1.82) is 0 Å². The van der Waals surface area contributed by atoms with E-state index in [0.29, 0.717) is 22.4 Å². The van der Waals surface area contributed by atoms with Crippen LogP contribution in [0, 0.1) is 6.92 Å². The highest BCUT2D eigenvalue weighted by molar-refractivity contribution is 5.91. The van der Waals surface area contributed by atoms with E-state index in [0.717, 1.165) is 5.69 Å². The summed E-state index contributed by atoms with van der Waals surface area (Å²) in [5.41, 5.74) is 2.76. The van der Waals surface area contributed by atoms with Gasteiger partial charge in [-0.25, -0.2) is 10.1 Å². The second-order valence-electron chi connectivity index (χ2n) is 7.62. The monoisotopic (exact) mass is 440 g/mol. The van der Waals surface area contributed by atoms with Crippen LogP contribution >= 0.6 is 0 Å². The third-order valence-electron chi connectivity index (χ3n) is 5.67. The highest BCUT2D eigenvalue weighted by Crippen LogP contribution is 2.29. The zero-order valence-electron chi connectivity index (χ0n) is 18.3. The van der Waals surface area contributed by atoms with Crippen molar-refractivity contribution in [2.75, 3.05) is 0 Å². The normalized spacial score (nSPS) is 11.6. The molecule has 4 aromatic rings. The molecule has 0 aliphatic rings. The Balaban J connectivity index is 1.66. The van der Waals surface area contributed by atoms with Crippen molar-refractivity contribution < 1.29 is 9.90 Å². The number of nitrogens with one attached hydrogen (secondary N) is 1. The Hall–Kier alpha value is -4.23. The van der Waals surface area contributed by atoms with Crippen LogP contribution in [0.1, 0.15) is 22.4 Å².